The molecular formula is C19H24N2O. The van der Waals surface area contributed by atoms with Gasteiger partial charge in [-0.1, -0.05) is 18.2 Å². The van der Waals surface area contributed by atoms with E-state index in [-0.39, 0.29) is 0 Å². The minimum Gasteiger partial charge on any atom is -0.497 e. The molecule has 0 saturated heterocycles. The molecule has 2 atom stereocenters. The van der Waals surface area contributed by atoms with Crippen LogP contribution in [0.4, 0.5) is 0 Å². The minimum atomic E-state index is 0.351. The monoisotopic (exact) mass is 296 g/mol. The molecule has 0 fully saturated rings. The Morgan fingerprint density at radius 3 is 2.73 bits per heavy atom. The van der Waals surface area contributed by atoms with Gasteiger partial charge in [0.1, 0.15) is 5.75 Å². The van der Waals surface area contributed by atoms with E-state index in [1.165, 1.54) is 29.7 Å². The Hall–Kier alpha value is -1.87. The molecule has 1 aliphatic carbocycles. The lowest BCUT2D eigenvalue weighted by Gasteiger charge is -2.36. The summed E-state index contributed by atoms with van der Waals surface area (Å²) in [5, 5.41) is 0. The van der Waals surface area contributed by atoms with Gasteiger partial charge in [-0.25, -0.2) is 0 Å². The van der Waals surface area contributed by atoms with Gasteiger partial charge in [-0.2, -0.15) is 0 Å². The summed E-state index contributed by atoms with van der Waals surface area (Å²) in [5.41, 5.74) is 3.98. The van der Waals surface area contributed by atoms with Gasteiger partial charge in [0.25, 0.3) is 0 Å². The van der Waals surface area contributed by atoms with Gasteiger partial charge in [-0.3, -0.25) is 9.88 Å². The van der Waals surface area contributed by atoms with Gasteiger partial charge in [-0.05, 0) is 62.6 Å². The third-order valence-electron chi connectivity index (χ3n) is 4.87. The smallest absolute Gasteiger partial charge is 0.118 e. The Bertz CT molecular complexity index is 624. The van der Waals surface area contributed by atoms with E-state index in [0.717, 1.165) is 12.2 Å². The first-order valence-electron chi connectivity index (χ1n) is 8.00. The van der Waals surface area contributed by atoms with Crippen molar-refractivity contribution in [1.29, 1.82) is 0 Å². The SMILES string of the molecule is COc1ccc([C@@H](C)N(C)[C@@H]2CCCc3cccnc32)cc1. The highest BCUT2D eigenvalue weighted by atomic mass is 16.5. The quantitative estimate of drug-likeness (QED) is 0.847. The highest BCUT2D eigenvalue weighted by molar-refractivity contribution is 5.30. The Balaban J connectivity index is 1.82. The number of hydrogen-bond donors (Lipinski definition) is 0. The zero-order valence-corrected chi connectivity index (χ0v) is 13.6. The second kappa shape index (κ2) is 6.49. The van der Waals surface area contributed by atoms with Gasteiger partial charge in [0, 0.05) is 12.2 Å². The summed E-state index contributed by atoms with van der Waals surface area (Å²) in [4.78, 5) is 7.11. The number of rotatable bonds is 4. The number of nitrogens with zero attached hydrogens (tertiary/aromatic N) is 2. The number of ether oxygens (including phenoxy) is 1. The van der Waals surface area contributed by atoms with Crippen molar-refractivity contribution >= 4 is 0 Å². The second-order valence-corrected chi connectivity index (χ2v) is 6.07. The molecule has 116 valence electrons. The van der Waals surface area contributed by atoms with Crippen molar-refractivity contribution in [1.82, 2.24) is 9.88 Å². The van der Waals surface area contributed by atoms with E-state index in [9.17, 15) is 0 Å². The van der Waals surface area contributed by atoms with Gasteiger partial charge >= 0.3 is 0 Å². The van der Waals surface area contributed by atoms with Gasteiger partial charge in [0.2, 0.25) is 0 Å². The van der Waals surface area contributed by atoms with Crippen molar-refractivity contribution in [3.8, 4) is 5.75 Å². The number of aromatic nitrogens is 1. The van der Waals surface area contributed by atoms with Crippen molar-refractivity contribution in [2.45, 2.75) is 38.3 Å². The molecule has 0 saturated carbocycles. The largest absolute Gasteiger partial charge is 0.497 e. The molecule has 1 aromatic carbocycles. The summed E-state index contributed by atoms with van der Waals surface area (Å²) >= 11 is 0. The minimum absolute atomic E-state index is 0.351. The van der Waals surface area contributed by atoms with Crippen LogP contribution in [0.5, 0.6) is 5.75 Å². The summed E-state index contributed by atoms with van der Waals surface area (Å²) in [7, 11) is 3.92. The Kier molecular flexibility index (Phi) is 4.44. The fourth-order valence-electron chi connectivity index (χ4n) is 3.37. The first-order chi connectivity index (χ1) is 10.7. The molecule has 0 bridgehead atoms. The Morgan fingerprint density at radius 1 is 1.23 bits per heavy atom. The summed E-state index contributed by atoms with van der Waals surface area (Å²) in [6.45, 7) is 2.26. The fraction of sp³-hybridized carbons (Fsp3) is 0.421. The van der Waals surface area contributed by atoms with Crippen LogP contribution in [-0.2, 0) is 6.42 Å². The van der Waals surface area contributed by atoms with Crippen LogP contribution in [0.15, 0.2) is 42.6 Å². The van der Waals surface area contributed by atoms with Crippen LogP contribution >= 0.6 is 0 Å². The summed E-state index contributed by atoms with van der Waals surface area (Å²) in [6.07, 6.45) is 5.50. The van der Waals surface area contributed by atoms with E-state index in [2.05, 4.69) is 42.1 Å². The Labute approximate surface area is 132 Å². The van der Waals surface area contributed by atoms with E-state index >= 15 is 0 Å². The molecule has 2 aromatic rings. The van der Waals surface area contributed by atoms with E-state index < -0.39 is 0 Å². The van der Waals surface area contributed by atoms with Crippen LogP contribution in [0.1, 0.15) is 48.7 Å². The summed E-state index contributed by atoms with van der Waals surface area (Å²) in [5.74, 6) is 0.906. The Morgan fingerprint density at radius 2 is 2.00 bits per heavy atom. The maximum atomic E-state index is 5.25. The maximum Gasteiger partial charge on any atom is 0.118 e. The molecule has 22 heavy (non-hydrogen) atoms. The first-order valence-corrected chi connectivity index (χ1v) is 8.00. The van der Waals surface area contributed by atoms with Crippen LogP contribution < -0.4 is 4.74 Å². The third kappa shape index (κ3) is 2.86. The van der Waals surface area contributed by atoms with Crippen LogP contribution in [-0.4, -0.2) is 24.0 Å². The summed E-state index contributed by atoms with van der Waals surface area (Å²) in [6, 6.07) is 13.4. The predicted octanol–water partition coefficient (Wildman–Crippen LogP) is 4.16. The lowest BCUT2D eigenvalue weighted by molar-refractivity contribution is 0.164. The molecule has 0 aliphatic heterocycles. The van der Waals surface area contributed by atoms with Gasteiger partial charge in [0.05, 0.1) is 18.8 Å². The molecule has 1 heterocycles. The fourth-order valence-corrected chi connectivity index (χ4v) is 3.37. The summed E-state index contributed by atoms with van der Waals surface area (Å²) < 4.78 is 5.25. The zero-order valence-electron chi connectivity index (χ0n) is 13.6. The normalized spacial score (nSPS) is 18.8. The topological polar surface area (TPSA) is 25.4 Å². The van der Waals surface area contributed by atoms with Crippen LogP contribution in [0, 0.1) is 0 Å². The van der Waals surface area contributed by atoms with Crippen molar-refractivity contribution < 1.29 is 4.74 Å². The number of aryl methyl sites for hydroxylation is 1. The third-order valence-corrected chi connectivity index (χ3v) is 4.87. The van der Waals surface area contributed by atoms with Crippen molar-refractivity contribution in [3.63, 3.8) is 0 Å². The highest BCUT2D eigenvalue weighted by Crippen LogP contribution is 2.36. The molecule has 3 nitrogen and oxygen atoms in total. The average Bonchev–Trinajstić information content (AvgIpc) is 2.60. The molecule has 3 heteroatoms. The maximum absolute atomic E-state index is 5.25. The molecule has 0 N–H and O–H groups in total. The second-order valence-electron chi connectivity index (χ2n) is 6.07. The molecular weight excluding hydrogens is 272 g/mol. The lowest BCUT2D eigenvalue weighted by atomic mass is 9.90. The van der Waals surface area contributed by atoms with Gasteiger partial charge in [0.15, 0.2) is 0 Å². The van der Waals surface area contributed by atoms with Crippen molar-refractivity contribution in [3.05, 3.63) is 59.4 Å². The number of methoxy groups -OCH3 is 1. The van der Waals surface area contributed by atoms with E-state index in [4.69, 9.17) is 4.74 Å². The van der Waals surface area contributed by atoms with Crippen LogP contribution in [0.2, 0.25) is 0 Å². The standard InChI is InChI=1S/C19H24N2O/c1-14(15-9-11-17(22-3)12-10-15)21(2)18-8-4-6-16-7-5-13-20-19(16)18/h5,7,9-14,18H,4,6,8H2,1-3H3/t14-,18-/m1/s1. The molecule has 0 radical (unpaired) electrons. The number of fused-ring (bicyclic) bond motifs is 1. The first kappa shape index (κ1) is 15.0. The number of benzene rings is 1. The molecule has 0 amide bonds. The lowest BCUT2D eigenvalue weighted by Crippen LogP contribution is -2.31. The highest BCUT2D eigenvalue weighted by Gasteiger charge is 2.28. The van der Waals surface area contributed by atoms with E-state index in [0.29, 0.717) is 12.1 Å². The molecule has 3 rings (SSSR count). The van der Waals surface area contributed by atoms with Crippen molar-refractivity contribution in [2.24, 2.45) is 0 Å². The number of pyridine rings is 1. The molecule has 1 aromatic heterocycles. The van der Waals surface area contributed by atoms with Gasteiger partial charge in [-0.15, -0.1) is 0 Å². The van der Waals surface area contributed by atoms with Crippen LogP contribution in [0.3, 0.4) is 0 Å². The predicted molar refractivity (Wildman–Crippen MR) is 89.1 cm³/mol. The average molecular weight is 296 g/mol. The molecule has 0 spiro atoms. The van der Waals surface area contributed by atoms with Gasteiger partial charge < -0.3 is 4.74 Å². The molecule has 0 unspecified atom stereocenters. The van der Waals surface area contributed by atoms with E-state index in [1.807, 2.05) is 24.4 Å². The van der Waals surface area contributed by atoms with Crippen LogP contribution in [0.25, 0.3) is 0 Å². The van der Waals surface area contributed by atoms with Crippen molar-refractivity contribution in [2.75, 3.05) is 14.2 Å². The number of hydrogen-bond acceptors (Lipinski definition) is 3. The molecule has 1 aliphatic rings. The van der Waals surface area contributed by atoms with E-state index in [1.54, 1.807) is 7.11 Å². The zero-order chi connectivity index (χ0) is 15.5.